The Labute approximate surface area is 136 Å². The van der Waals surface area contributed by atoms with Gasteiger partial charge >= 0.3 is 0 Å². The van der Waals surface area contributed by atoms with E-state index in [0.29, 0.717) is 5.92 Å². The topological polar surface area (TPSA) is 26.0 Å². The van der Waals surface area contributed by atoms with Crippen molar-refractivity contribution in [1.29, 1.82) is 0 Å². The standard InChI is InChI=1S/C18H22ClNS/c1-12(2)15-5-7-16(8-6-15)21-18-9-4-14(10-13(3)20)11-17(18)19/h4-9,11-13H,10,20H2,1-3H3. The molecule has 1 unspecified atom stereocenters. The van der Waals surface area contributed by atoms with Gasteiger partial charge in [-0.2, -0.15) is 0 Å². The molecule has 2 rings (SSSR count). The molecule has 1 nitrogen and oxygen atoms in total. The van der Waals surface area contributed by atoms with Crippen molar-refractivity contribution in [2.45, 2.75) is 48.9 Å². The maximum atomic E-state index is 6.38. The van der Waals surface area contributed by atoms with Crippen LogP contribution in [0.1, 0.15) is 37.8 Å². The molecule has 0 fully saturated rings. The molecular formula is C18H22ClNS. The molecule has 0 aromatic heterocycles. The van der Waals surface area contributed by atoms with E-state index in [2.05, 4.69) is 50.2 Å². The van der Waals surface area contributed by atoms with Crippen molar-refractivity contribution in [2.24, 2.45) is 5.73 Å². The summed E-state index contributed by atoms with van der Waals surface area (Å²) in [6.07, 6.45) is 0.855. The third kappa shape index (κ3) is 4.77. The quantitative estimate of drug-likeness (QED) is 0.787. The third-order valence-corrected chi connectivity index (χ3v) is 4.84. The van der Waals surface area contributed by atoms with E-state index < -0.39 is 0 Å². The molecule has 0 bridgehead atoms. The summed E-state index contributed by atoms with van der Waals surface area (Å²) in [5.41, 5.74) is 8.37. The van der Waals surface area contributed by atoms with Crippen LogP contribution < -0.4 is 5.73 Å². The lowest BCUT2D eigenvalue weighted by Crippen LogP contribution is -2.17. The van der Waals surface area contributed by atoms with Crippen molar-refractivity contribution in [3.05, 3.63) is 58.6 Å². The lowest BCUT2D eigenvalue weighted by atomic mass is 10.0. The first kappa shape index (κ1) is 16.4. The van der Waals surface area contributed by atoms with Crippen LogP contribution in [0.25, 0.3) is 0 Å². The predicted molar refractivity (Wildman–Crippen MR) is 93.5 cm³/mol. The Bertz CT molecular complexity index is 591. The number of hydrogen-bond donors (Lipinski definition) is 1. The third-order valence-electron chi connectivity index (χ3n) is 3.33. The number of benzene rings is 2. The van der Waals surface area contributed by atoms with E-state index in [4.69, 9.17) is 17.3 Å². The SMILES string of the molecule is CC(N)Cc1ccc(Sc2ccc(C(C)C)cc2)c(Cl)c1. The predicted octanol–water partition coefficient (Wildman–Crippen LogP) is 5.50. The maximum Gasteiger partial charge on any atom is 0.0548 e. The maximum absolute atomic E-state index is 6.38. The van der Waals surface area contributed by atoms with Crippen molar-refractivity contribution < 1.29 is 0 Å². The molecule has 0 aliphatic carbocycles. The zero-order valence-electron chi connectivity index (χ0n) is 12.8. The molecule has 21 heavy (non-hydrogen) atoms. The molecule has 0 aliphatic heterocycles. The summed E-state index contributed by atoms with van der Waals surface area (Å²) in [6.45, 7) is 6.42. The minimum atomic E-state index is 0.156. The van der Waals surface area contributed by atoms with Crippen molar-refractivity contribution in [3.63, 3.8) is 0 Å². The largest absolute Gasteiger partial charge is 0.328 e. The van der Waals surface area contributed by atoms with Gasteiger partial charge in [-0.1, -0.05) is 55.4 Å². The molecule has 0 radical (unpaired) electrons. The molecule has 112 valence electrons. The van der Waals surface area contributed by atoms with Gasteiger partial charge in [0.15, 0.2) is 0 Å². The van der Waals surface area contributed by atoms with Gasteiger partial charge in [0, 0.05) is 15.8 Å². The molecule has 0 heterocycles. The molecule has 2 aromatic rings. The van der Waals surface area contributed by atoms with Gasteiger partial charge in [-0.15, -0.1) is 0 Å². The normalized spacial score (nSPS) is 12.7. The number of nitrogens with two attached hydrogens (primary N) is 1. The molecule has 1 atom stereocenters. The Kier molecular flexibility index (Phi) is 5.74. The van der Waals surface area contributed by atoms with E-state index in [1.54, 1.807) is 11.8 Å². The van der Waals surface area contributed by atoms with Crippen LogP contribution >= 0.6 is 23.4 Å². The van der Waals surface area contributed by atoms with Crippen molar-refractivity contribution in [1.82, 2.24) is 0 Å². The summed E-state index contributed by atoms with van der Waals surface area (Å²) < 4.78 is 0. The van der Waals surface area contributed by atoms with E-state index >= 15 is 0 Å². The van der Waals surface area contributed by atoms with Crippen molar-refractivity contribution in [3.8, 4) is 0 Å². The van der Waals surface area contributed by atoms with Gasteiger partial charge in [0.2, 0.25) is 0 Å². The highest BCUT2D eigenvalue weighted by Gasteiger charge is 2.06. The van der Waals surface area contributed by atoms with Crippen LogP contribution in [0.5, 0.6) is 0 Å². The average molecular weight is 320 g/mol. The average Bonchev–Trinajstić information content (AvgIpc) is 2.42. The second kappa shape index (κ2) is 7.35. The van der Waals surface area contributed by atoms with Gasteiger partial charge < -0.3 is 5.73 Å². The highest BCUT2D eigenvalue weighted by molar-refractivity contribution is 7.99. The minimum Gasteiger partial charge on any atom is -0.328 e. The Morgan fingerprint density at radius 1 is 1.05 bits per heavy atom. The van der Waals surface area contributed by atoms with Crippen LogP contribution in [0.3, 0.4) is 0 Å². The molecule has 2 N–H and O–H groups in total. The van der Waals surface area contributed by atoms with E-state index in [9.17, 15) is 0 Å². The van der Waals surface area contributed by atoms with Crippen LogP contribution in [0.15, 0.2) is 52.3 Å². The van der Waals surface area contributed by atoms with Crippen LogP contribution in [-0.4, -0.2) is 6.04 Å². The smallest absolute Gasteiger partial charge is 0.0548 e. The van der Waals surface area contributed by atoms with Gasteiger partial charge in [0.1, 0.15) is 0 Å². The number of rotatable bonds is 5. The van der Waals surface area contributed by atoms with E-state index in [0.717, 1.165) is 16.3 Å². The first-order chi connectivity index (χ1) is 9.95. The first-order valence-electron chi connectivity index (χ1n) is 7.27. The monoisotopic (exact) mass is 319 g/mol. The zero-order valence-corrected chi connectivity index (χ0v) is 14.3. The fourth-order valence-corrected chi connectivity index (χ4v) is 3.31. The fraction of sp³-hybridized carbons (Fsp3) is 0.333. The Hall–Kier alpha value is -0.960. The van der Waals surface area contributed by atoms with Crippen LogP contribution in [0.4, 0.5) is 0 Å². The fourth-order valence-electron chi connectivity index (χ4n) is 2.17. The Morgan fingerprint density at radius 2 is 1.71 bits per heavy atom. The van der Waals surface area contributed by atoms with Crippen LogP contribution in [-0.2, 0) is 6.42 Å². The molecule has 0 aliphatic rings. The van der Waals surface area contributed by atoms with E-state index in [-0.39, 0.29) is 6.04 Å². The summed E-state index contributed by atoms with van der Waals surface area (Å²) >= 11 is 8.08. The van der Waals surface area contributed by atoms with Crippen LogP contribution in [0.2, 0.25) is 5.02 Å². The zero-order chi connectivity index (χ0) is 15.4. The van der Waals surface area contributed by atoms with Gasteiger partial charge in [-0.25, -0.2) is 0 Å². The molecular weight excluding hydrogens is 298 g/mol. The summed E-state index contributed by atoms with van der Waals surface area (Å²) in [4.78, 5) is 2.30. The first-order valence-corrected chi connectivity index (χ1v) is 8.47. The molecule has 0 saturated heterocycles. The summed E-state index contributed by atoms with van der Waals surface area (Å²) in [6, 6.07) is 15.1. The number of halogens is 1. The highest BCUT2D eigenvalue weighted by Crippen LogP contribution is 2.34. The van der Waals surface area contributed by atoms with Gasteiger partial charge in [0.05, 0.1) is 5.02 Å². The molecule has 0 spiro atoms. The summed E-state index contributed by atoms with van der Waals surface area (Å²) in [5, 5.41) is 0.797. The second-order valence-electron chi connectivity index (χ2n) is 5.77. The molecule has 0 amide bonds. The van der Waals surface area contributed by atoms with Crippen molar-refractivity contribution >= 4 is 23.4 Å². The second-order valence-corrected chi connectivity index (χ2v) is 7.29. The molecule has 2 aromatic carbocycles. The highest BCUT2D eigenvalue weighted by atomic mass is 35.5. The Morgan fingerprint density at radius 3 is 2.24 bits per heavy atom. The molecule has 0 saturated carbocycles. The molecule has 3 heteroatoms. The van der Waals surface area contributed by atoms with Crippen LogP contribution in [0, 0.1) is 0 Å². The summed E-state index contributed by atoms with van der Waals surface area (Å²) in [5.74, 6) is 0.560. The lowest BCUT2D eigenvalue weighted by Gasteiger charge is -2.10. The van der Waals surface area contributed by atoms with Crippen molar-refractivity contribution in [2.75, 3.05) is 0 Å². The van der Waals surface area contributed by atoms with Gasteiger partial charge in [-0.3, -0.25) is 0 Å². The minimum absolute atomic E-state index is 0.156. The van der Waals surface area contributed by atoms with E-state index in [1.807, 2.05) is 13.0 Å². The van der Waals surface area contributed by atoms with E-state index in [1.165, 1.54) is 16.0 Å². The summed E-state index contributed by atoms with van der Waals surface area (Å²) in [7, 11) is 0. The Balaban J connectivity index is 2.12. The number of hydrogen-bond acceptors (Lipinski definition) is 2. The van der Waals surface area contributed by atoms with Gasteiger partial charge in [0.25, 0.3) is 0 Å². The van der Waals surface area contributed by atoms with Gasteiger partial charge in [-0.05, 0) is 54.7 Å². The lowest BCUT2D eigenvalue weighted by molar-refractivity contribution is 0.738.